The van der Waals surface area contributed by atoms with E-state index in [1.807, 2.05) is 24.3 Å². The van der Waals surface area contributed by atoms with Gasteiger partial charge in [-0.05, 0) is 69.1 Å². The van der Waals surface area contributed by atoms with Gasteiger partial charge in [0, 0.05) is 46.5 Å². The van der Waals surface area contributed by atoms with Gasteiger partial charge in [-0.2, -0.15) is 0 Å². The number of anilines is 3. The lowest BCUT2D eigenvalue weighted by molar-refractivity contribution is -0.148. The van der Waals surface area contributed by atoms with Crippen molar-refractivity contribution in [2.24, 2.45) is 0 Å². The summed E-state index contributed by atoms with van der Waals surface area (Å²) in [5, 5.41) is 9.56. The summed E-state index contributed by atoms with van der Waals surface area (Å²) in [5.41, 5.74) is 2.12. The maximum atomic E-state index is 12.4. The van der Waals surface area contributed by atoms with Gasteiger partial charge in [0.15, 0.2) is 0 Å². The molecule has 10 nitrogen and oxygen atoms in total. The number of carbonyl (C=O) groups is 3. The van der Waals surface area contributed by atoms with Gasteiger partial charge >= 0.3 is 5.97 Å². The Morgan fingerprint density at radius 2 is 1.95 bits per heavy atom. The molecule has 0 aliphatic carbocycles. The molecule has 1 aliphatic rings. The highest BCUT2D eigenvalue weighted by atomic mass is 79.9. The summed E-state index contributed by atoms with van der Waals surface area (Å²) in [6.07, 6.45) is 6.33. The molecule has 2 heterocycles. The van der Waals surface area contributed by atoms with Gasteiger partial charge in [0.2, 0.25) is 11.8 Å². The molecule has 39 heavy (non-hydrogen) atoms. The van der Waals surface area contributed by atoms with Crippen LogP contribution in [0.3, 0.4) is 0 Å². The number of nitrogens with zero attached hydrogens (tertiary/aromatic N) is 3. The fourth-order valence-corrected chi connectivity index (χ4v) is 4.82. The number of likely N-dealkylation sites (tertiary alicyclic amines) is 1. The first-order valence-electron chi connectivity index (χ1n) is 12.9. The summed E-state index contributed by atoms with van der Waals surface area (Å²) in [5.74, 6) is -0.367. The van der Waals surface area contributed by atoms with E-state index >= 15 is 0 Å². The van der Waals surface area contributed by atoms with Crippen LogP contribution in [-0.2, 0) is 19.1 Å². The van der Waals surface area contributed by atoms with Gasteiger partial charge < -0.3 is 20.7 Å². The number of fused-ring (bicyclic) bond motifs is 1. The number of rotatable bonds is 11. The number of ether oxygens (including phenoxy) is 1. The van der Waals surface area contributed by atoms with Crippen LogP contribution in [0.25, 0.3) is 10.9 Å². The quantitative estimate of drug-likeness (QED) is 0.172. The fraction of sp³-hybridized carbons (Fsp3) is 0.321. The smallest absolute Gasteiger partial charge is 0.323 e. The van der Waals surface area contributed by atoms with E-state index in [1.165, 1.54) is 18.5 Å². The van der Waals surface area contributed by atoms with Crippen LogP contribution in [-0.4, -0.2) is 64.9 Å². The zero-order valence-electron chi connectivity index (χ0n) is 21.7. The molecule has 204 valence electrons. The van der Waals surface area contributed by atoms with Gasteiger partial charge in [-0.1, -0.05) is 22.0 Å². The van der Waals surface area contributed by atoms with E-state index in [-0.39, 0.29) is 17.9 Å². The van der Waals surface area contributed by atoms with E-state index in [4.69, 9.17) is 4.74 Å². The number of esters is 1. The van der Waals surface area contributed by atoms with E-state index in [9.17, 15) is 14.4 Å². The van der Waals surface area contributed by atoms with Crippen LogP contribution in [0.15, 0.2) is 65.4 Å². The number of hydrogen-bond acceptors (Lipinski definition) is 8. The summed E-state index contributed by atoms with van der Waals surface area (Å²) >= 11 is 3.46. The number of aromatic nitrogens is 2. The van der Waals surface area contributed by atoms with E-state index < -0.39 is 5.91 Å². The van der Waals surface area contributed by atoms with Crippen LogP contribution >= 0.6 is 15.9 Å². The lowest BCUT2D eigenvalue weighted by atomic mass is 10.2. The third kappa shape index (κ3) is 8.08. The van der Waals surface area contributed by atoms with Crippen LogP contribution in [0.5, 0.6) is 0 Å². The number of carbonyl (C=O) groups excluding carboxylic acids is 3. The predicted molar refractivity (Wildman–Crippen MR) is 154 cm³/mol. The average molecular weight is 595 g/mol. The van der Waals surface area contributed by atoms with Gasteiger partial charge in [0.05, 0.1) is 12.1 Å². The van der Waals surface area contributed by atoms with E-state index in [1.54, 1.807) is 25.1 Å². The van der Waals surface area contributed by atoms with Crippen molar-refractivity contribution in [3.05, 3.63) is 65.4 Å². The number of halogens is 1. The van der Waals surface area contributed by atoms with Crippen molar-refractivity contribution in [1.82, 2.24) is 20.2 Å². The normalized spacial score (nSPS) is 15.4. The van der Waals surface area contributed by atoms with Crippen molar-refractivity contribution in [3.63, 3.8) is 0 Å². The van der Waals surface area contributed by atoms with Gasteiger partial charge in [-0.15, -0.1) is 0 Å². The van der Waals surface area contributed by atoms with Crippen LogP contribution in [0.2, 0.25) is 0 Å². The van der Waals surface area contributed by atoms with Crippen LogP contribution in [0, 0.1) is 0 Å². The Morgan fingerprint density at radius 3 is 2.77 bits per heavy atom. The monoisotopic (exact) mass is 594 g/mol. The lowest BCUT2D eigenvalue weighted by Gasteiger charge is -2.22. The summed E-state index contributed by atoms with van der Waals surface area (Å²) < 4.78 is 6.08. The molecule has 0 radical (unpaired) electrons. The van der Waals surface area contributed by atoms with Crippen molar-refractivity contribution in [1.29, 1.82) is 0 Å². The number of nitrogens with one attached hydrogen (secondary N) is 3. The second kappa shape index (κ2) is 13.8. The molecule has 0 saturated carbocycles. The molecule has 1 unspecified atom stereocenters. The molecule has 2 amide bonds. The van der Waals surface area contributed by atoms with E-state index in [2.05, 4.69) is 46.7 Å². The third-order valence-electron chi connectivity index (χ3n) is 6.22. The molecule has 3 N–H and O–H groups in total. The first kappa shape index (κ1) is 28.2. The maximum Gasteiger partial charge on any atom is 0.323 e. The van der Waals surface area contributed by atoms with Crippen LogP contribution in [0.1, 0.15) is 26.2 Å². The zero-order chi connectivity index (χ0) is 27.6. The molecule has 4 rings (SSSR count). The summed E-state index contributed by atoms with van der Waals surface area (Å²) in [7, 11) is 0. The van der Waals surface area contributed by atoms with Crippen molar-refractivity contribution in [2.45, 2.75) is 32.2 Å². The highest BCUT2D eigenvalue weighted by molar-refractivity contribution is 9.10. The van der Waals surface area contributed by atoms with Crippen LogP contribution in [0.4, 0.5) is 17.2 Å². The zero-order valence-corrected chi connectivity index (χ0v) is 23.2. The molecule has 0 spiro atoms. The minimum atomic E-state index is -0.433. The number of benzene rings is 2. The molecule has 11 heteroatoms. The standard InChI is InChI=1S/C28H31BrN6O4/c1-2-39-28(38)24-8-4-14-35(24)15-5-13-30-25(36)11-12-26(37)33-21-9-10-23-22(17-21)27(32-18-31-23)34-20-7-3-6-19(29)16-20/h3,6-7,9-12,16-18,24H,2,4-5,8,13-15H2,1H3,(H,30,36)(H,33,37)(H,31,32,34). The SMILES string of the molecule is CCOC(=O)C1CCCN1CCCNC(=O)C=CC(=O)Nc1ccc2ncnc(Nc3cccc(Br)c3)c2c1. The van der Waals surface area contributed by atoms with Crippen molar-refractivity contribution in [3.8, 4) is 0 Å². The van der Waals surface area contributed by atoms with Gasteiger partial charge in [-0.25, -0.2) is 9.97 Å². The highest BCUT2D eigenvalue weighted by Gasteiger charge is 2.31. The van der Waals surface area contributed by atoms with Crippen LogP contribution < -0.4 is 16.0 Å². The maximum absolute atomic E-state index is 12.4. The fourth-order valence-electron chi connectivity index (χ4n) is 4.42. The van der Waals surface area contributed by atoms with Gasteiger partial charge in [-0.3, -0.25) is 19.3 Å². The second-order valence-corrected chi connectivity index (χ2v) is 9.92. The molecule has 1 saturated heterocycles. The van der Waals surface area contributed by atoms with E-state index in [0.717, 1.165) is 40.4 Å². The first-order valence-corrected chi connectivity index (χ1v) is 13.7. The van der Waals surface area contributed by atoms with Gasteiger partial charge in [0.1, 0.15) is 18.2 Å². The third-order valence-corrected chi connectivity index (χ3v) is 6.71. The molecular formula is C28H31BrN6O4. The molecule has 1 atom stereocenters. The molecule has 2 aromatic carbocycles. The Balaban J connectivity index is 1.26. The van der Waals surface area contributed by atoms with Gasteiger partial charge in [0.25, 0.3) is 0 Å². The number of hydrogen-bond donors (Lipinski definition) is 3. The molecule has 3 aromatic rings. The Kier molecular flexibility index (Phi) is 9.98. The Morgan fingerprint density at radius 1 is 1.10 bits per heavy atom. The topological polar surface area (TPSA) is 126 Å². The van der Waals surface area contributed by atoms with Crippen molar-refractivity contribution < 1.29 is 19.1 Å². The Labute approximate surface area is 235 Å². The molecule has 1 fully saturated rings. The average Bonchev–Trinajstić information content (AvgIpc) is 3.39. The summed E-state index contributed by atoms with van der Waals surface area (Å²) in [6.45, 7) is 4.16. The molecule has 1 aromatic heterocycles. The highest BCUT2D eigenvalue weighted by Crippen LogP contribution is 2.27. The minimum Gasteiger partial charge on any atom is -0.465 e. The summed E-state index contributed by atoms with van der Waals surface area (Å²) in [6, 6.07) is 12.8. The minimum absolute atomic E-state index is 0.177. The largest absolute Gasteiger partial charge is 0.465 e. The second-order valence-electron chi connectivity index (χ2n) is 9.00. The molecule has 0 bridgehead atoms. The first-order chi connectivity index (χ1) is 18.9. The molecular weight excluding hydrogens is 564 g/mol. The molecule has 1 aliphatic heterocycles. The van der Waals surface area contributed by atoms with Crippen molar-refractivity contribution >= 4 is 61.8 Å². The van der Waals surface area contributed by atoms with E-state index in [0.29, 0.717) is 37.6 Å². The Hall–Kier alpha value is -3.83. The number of amides is 2. The lowest BCUT2D eigenvalue weighted by Crippen LogP contribution is -2.39. The Bertz CT molecular complexity index is 1360. The van der Waals surface area contributed by atoms with Crippen molar-refractivity contribution in [2.75, 3.05) is 36.9 Å². The summed E-state index contributed by atoms with van der Waals surface area (Å²) in [4.78, 5) is 47.4. The predicted octanol–water partition coefficient (Wildman–Crippen LogP) is 4.16.